The maximum Gasteiger partial charge on any atom is 0.284 e. The number of nitrogens with two attached hydrogens (primary N) is 1. The minimum atomic E-state index is -1.02. The zero-order valence-corrected chi connectivity index (χ0v) is 13.1. The van der Waals surface area contributed by atoms with Crippen molar-refractivity contribution in [2.45, 2.75) is 57.1 Å². The monoisotopic (exact) mass is 308 g/mol. The van der Waals surface area contributed by atoms with Gasteiger partial charge in [0.05, 0.1) is 5.60 Å². The molecule has 1 aliphatic carbocycles. The minimum absolute atomic E-state index is 0.0385. The van der Waals surface area contributed by atoms with Gasteiger partial charge in [0.25, 0.3) is 5.91 Å². The number of hydrogen-bond donors (Lipinski definition) is 3. The number of rotatable bonds is 5. The van der Waals surface area contributed by atoms with E-state index in [-0.39, 0.29) is 18.3 Å². The third kappa shape index (κ3) is 3.30. The molecule has 0 bridgehead atoms. The highest BCUT2D eigenvalue weighted by Crippen LogP contribution is 2.27. The van der Waals surface area contributed by atoms with E-state index in [1.165, 1.54) is 10.8 Å². The van der Waals surface area contributed by atoms with Crippen LogP contribution in [0.3, 0.4) is 0 Å². The maximum absolute atomic E-state index is 12.5. The lowest BCUT2D eigenvalue weighted by Gasteiger charge is -2.34. The number of aromatic nitrogens is 2. The average molecular weight is 308 g/mol. The number of imidazole rings is 1. The van der Waals surface area contributed by atoms with Gasteiger partial charge in [-0.25, -0.2) is 4.98 Å². The van der Waals surface area contributed by atoms with E-state index in [1.54, 1.807) is 20.0 Å². The van der Waals surface area contributed by atoms with Gasteiger partial charge in [0.1, 0.15) is 5.54 Å². The van der Waals surface area contributed by atoms with Gasteiger partial charge in [0, 0.05) is 18.9 Å². The second-order valence-corrected chi connectivity index (χ2v) is 6.51. The Morgan fingerprint density at radius 3 is 2.64 bits per heavy atom. The molecule has 4 N–H and O–H groups in total. The molecule has 0 spiro atoms. The van der Waals surface area contributed by atoms with Crippen LogP contribution in [0.5, 0.6) is 0 Å². The summed E-state index contributed by atoms with van der Waals surface area (Å²) < 4.78 is 1.45. The number of carbonyl (C=O) groups excluding carboxylic acids is 2. The van der Waals surface area contributed by atoms with Gasteiger partial charge in [-0.3, -0.25) is 9.59 Å². The van der Waals surface area contributed by atoms with Crippen LogP contribution in [0.1, 0.15) is 56.6 Å². The van der Waals surface area contributed by atoms with Crippen LogP contribution in [0, 0.1) is 0 Å². The summed E-state index contributed by atoms with van der Waals surface area (Å²) in [7, 11) is 0. The lowest BCUT2D eigenvalue weighted by molar-refractivity contribution is -0.130. The highest BCUT2D eigenvalue weighted by atomic mass is 16.3. The molecule has 7 heteroatoms. The Hall–Kier alpha value is -1.89. The number of aliphatic hydroxyl groups is 1. The summed E-state index contributed by atoms with van der Waals surface area (Å²) in [5, 5.41) is 13.2. The van der Waals surface area contributed by atoms with Gasteiger partial charge in [0.2, 0.25) is 5.91 Å². The van der Waals surface area contributed by atoms with Crippen molar-refractivity contribution in [2.75, 3.05) is 6.54 Å². The third-order valence-electron chi connectivity index (χ3n) is 4.38. The molecule has 1 heterocycles. The second kappa shape index (κ2) is 6.08. The molecule has 0 unspecified atom stereocenters. The Bertz CT molecular complexity index is 559. The number of nitrogens with zero attached hydrogens (tertiary/aromatic N) is 2. The first-order chi connectivity index (χ1) is 10.3. The van der Waals surface area contributed by atoms with Gasteiger partial charge in [-0.1, -0.05) is 19.3 Å². The summed E-state index contributed by atoms with van der Waals surface area (Å²) in [6, 6.07) is 0. The first-order valence-electron chi connectivity index (χ1n) is 7.61. The van der Waals surface area contributed by atoms with Crippen molar-refractivity contribution in [1.29, 1.82) is 0 Å². The Balaban J connectivity index is 2.07. The number of nitrogens with one attached hydrogen (secondary N) is 1. The highest BCUT2D eigenvalue weighted by molar-refractivity contribution is 5.91. The number of amides is 2. The van der Waals surface area contributed by atoms with E-state index in [9.17, 15) is 14.7 Å². The fraction of sp³-hybridized carbons (Fsp3) is 0.667. The molecule has 1 fully saturated rings. The van der Waals surface area contributed by atoms with Crippen LogP contribution in [-0.2, 0) is 10.3 Å². The molecule has 0 aromatic carbocycles. The van der Waals surface area contributed by atoms with Gasteiger partial charge in [-0.2, -0.15) is 0 Å². The first kappa shape index (κ1) is 16.5. The zero-order chi connectivity index (χ0) is 16.4. The maximum atomic E-state index is 12.5. The topological polar surface area (TPSA) is 110 Å². The molecule has 7 nitrogen and oxygen atoms in total. The Kier molecular flexibility index (Phi) is 4.55. The van der Waals surface area contributed by atoms with Crippen LogP contribution >= 0.6 is 0 Å². The molecule has 0 radical (unpaired) electrons. The molecule has 0 atom stereocenters. The fourth-order valence-corrected chi connectivity index (χ4v) is 2.89. The Morgan fingerprint density at radius 2 is 2.05 bits per heavy atom. The number of primary amides is 1. The van der Waals surface area contributed by atoms with E-state index in [1.807, 2.05) is 0 Å². The number of hydrogen-bond acceptors (Lipinski definition) is 4. The summed E-state index contributed by atoms with van der Waals surface area (Å²) in [6.07, 6.45) is 7.46. The van der Waals surface area contributed by atoms with Crippen LogP contribution in [-0.4, -0.2) is 38.6 Å². The molecule has 1 saturated carbocycles. The minimum Gasteiger partial charge on any atom is -0.388 e. The zero-order valence-electron chi connectivity index (χ0n) is 13.1. The van der Waals surface area contributed by atoms with Gasteiger partial charge < -0.3 is 20.7 Å². The lowest BCUT2D eigenvalue weighted by Crippen LogP contribution is -2.51. The smallest absolute Gasteiger partial charge is 0.284 e. The van der Waals surface area contributed by atoms with Crippen molar-refractivity contribution in [2.24, 2.45) is 5.73 Å². The van der Waals surface area contributed by atoms with Gasteiger partial charge >= 0.3 is 0 Å². The van der Waals surface area contributed by atoms with E-state index in [0.717, 1.165) is 19.3 Å². The predicted molar refractivity (Wildman–Crippen MR) is 81.1 cm³/mol. The molecule has 2 amide bonds. The van der Waals surface area contributed by atoms with Gasteiger partial charge in [-0.15, -0.1) is 0 Å². The highest BCUT2D eigenvalue weighted by Gasteiger charge is 2.35. The molecular formula is C15H24N4O3. The van der Waals surface area contributed by atoms with Crippen molar-refractivity contribution in [3.63, 3.8) is 0 Å². The quantitative estimate of drug-likeness (QED) is 0.736. The van der Waals surface area contributed by atoms with Crippen LogP contribution in [0.4, 0.5) is 0 Å². The van der Waals surface area contributed by atoms with E-state index in [2.05, 4.69) is 10.3 Å². The van der Waals surface area contributed by atoms with Crippen molar-refractivity contribution in [3.8, 4) is 0 Å². The fourth-order valence-electron chi connectivity index (χ4n) is 2.89. The summed E-state index contributed by atoms with van der Waals surface area (Å²) in [6.45, 7) is 3.58. The van der Waals surface area contributed by atoms with Gasteiger partial charge in [-0.05, 0) is 26.7 Å². The molecule has 1 aromatic rings. The van der Waals surface area contributed by atoms with Crippen LogP contribution in [0.25, 0.3) is 0 Å². The molecular weight excluding hydrogens is 284 g/mol. The van der Waals surface area contributed by atoms with Crippen molar-refractivity contribution in [3.05, 3.63) is 18.2 Å². The Morgan fingerprint density at radius 1 is 1.41 bits per heavy atom. The SMILES string of the molecule is CC(C)(C(=O)NCC1(O)CCCCC1)n1ccnc1C(N)=O. The van der Waals surface area contributed by atoms with Crippen LogP contribution in [0.2, 0.25) is 0 Å². The van der Waals surface area contributed by atoms with E-state index < -0.39 is 17.0 Å². The summed E-state index contributed by atoms with van der Waals surface area (Å²) in [5.74, 6) is -0.930. The molecule has 1 aromatic heterocycles. The van der Waals surface area contributed by atoms with Gasteiger partial charge in [0.15, 0.2) is 5.82 Å². The average Bonchev–Trinajstić information content (AvgIpc) is 2.96. The van der Waals surface area contributed by atoms with E-state index in [0.29, 0.717) is 12.8 Å². The first-order valence-corrected chi connectivity index (χ1v) is 7.61. The second-order valence-electron chi connectivity index (χ2n) is 6.51. The summed E-state index contributed by atoms with van der Waals surface area (Å²) in [5.41, 5.74) is 3.42. The normalized spacial score (nSPS) is 18.0. The number of carbonyl (C=O) groups is 2. The Labute approximate surface area is 129 Å². The summed E-state index contributed by atoms with van der Waals surface area (Å²) >= 11 is 0. The van der Waals surface area contributed by atoms with Crippen LogP contribution < -0.4 is 11.1 Å². The van der Waals surface area contributed by atoms with Crippen LogP contribution in [0.15, 0.2) is 12.4 Å². The van der Waals surface area contributed by atoms with Crippen molar-refractivity contribution < 1.29 is 14.7 Å². The van der Waals surface area contributed by atoms with E-state index in [4.69, 9.17) is 5.73 Å². The largest absolute Gasteiger partial charge is 0.388 e. The van der Waals surface area contributed by atoms with Crippen molar-refractivity contribution in [1.82, 2.24) is 14.9 Å². The van der Waals surface area contributed by atoms with Crippen molar-refractivity contribution >= 4 is 11.8 Å². The molecule has 0 saturated heterocycles. The third-order valence-corrected chi connectivity index (χ3v) is 4.38. The van der Waals surface area contributed by atoms with E-state index >= 15 is 0 Å². The predicted octanol–water partition coefficient (Wildman–Crippen LogP) is 0.529. The standard InChI is InChI=1S/C15H24N4O3/c1-14(2,19-9-8-17-12(19)11(16)20)13(21)18-10-15(22)6-4-3-5-7-15/h8-9,22H,3-7,10H2,1-2H3,(H2,16,20)(H,18,21). The molecule has 2 rings (SSSR count). The molecule has 122 valence electrons. The molecule has 22 heavy (non-hydrogen) atoms. The lowest BCUT2D eigenvalue weighted by atomic mass is 9.84. The molecule has 0 aliphatic heterocycles. The summed E-state index contributed by atoms with van der Waals surface area (Å²) in [4.78, 5) is 27.8. The molecule has 1 aliphatic rings.